The lowest BCUT2D eigenvalue weighted by atomic mass is 10.1. The molecule has 0 bridgehead atoms. The Morgan fingerprint density at radius 2 is 1.89 bits per heavy atom. The zero-order valence-corrected chi connectivity index (χ0v) is 21.9. The molecule has 0 amide bonds. The number of ether oxygens (including phenoxy) is 2. The summed E-state index contributed by atoms with van der Waals surface area (Å²) in [5.74, 6) is -0.454. The fourth-order valence-electron chi connectivity index (χ4n) is 4.27. The smallest absolute Gasteiger partial charge is 0.242 e. The van der Waals surface area contributed by atoms with Crippen LogP contribution < -0.4 is 9.64 Å². The number of hydrogen-bond donors (Lipinski definition) is 0. The molecule has 0 aliphatic carbocycles. The van der Waals surface area contributed by atoms with Gasteiger partial charge in [0.2, 0.25) is 15.9 Å². The van der Waals surface area contributed by atoms with Crippen LogP contribution in [0.1, 0.15) is 5.56 Å². The Bertz CT molecular complexity index is 1530. The van der Waals surface area contributed by atoms with Crippen molar-refractivity contribution in [2.45, 2.75) is 11.9 Å². The van der Waals surface area contributed by atoms with E-state index < -0.39 is 21.9 Å². The van der Waals surface area contributed by atoms with E-state index in [1.807, 2.05) is 49.3 Å². The highest BCUT2D eigenvalue weighted by Gasteiger charge is 2.30. The Labute approximate surface area is 220 Å². The number of pyridine rings is 1. The Kier molecular flexibility index (Phi) is 7.50. The summed E-state index contributed by atoms with van der Waals surface area (Å²) in [6.45, 7) is 0.641. The fourth-order valence-corrected chi connectivity index (χ4v) is 5.80. The van der Waals surface area contributed by atoms with Crippen LogP contribution in [0.2, 0.25) is 0 Å². The number of fused-ring (bicyclic) bond motifs is 1. The van der Waals surface area contributed by atoms with Crippen LogP contribution in [0, 0.1) is 5.82 Å². The number of morpholine rings is 1. The van der Waals surface area contributed by atoms with E-state index in [2.05, 4.69) is 9.97 Å². The largest absolute Gasteiger partial charge is 0.473 e. The maximum absolute atomic E-state index is 13.5. The number of hydrogen-bond acceptors (Lipinski definition) is 8. The summed E-state index contributed by atoms with van der Waals surface area (Å²) in [6, 6.07) is 15.5. The minimum atomic E-state index is -3.67. The van der Waals surface area contributed by atoms with Crippen molar-refractivity contribution in [2.24, 2.45) is 0 Å². The van der Waals surface area contributed by atoms with Gasteiger partial charge in [0.15, 0.2) is 5.52 Å². The summed E-state index contributed by atoms with van der Waals surface area (Å²) in [4.78, 5) is 15.5. The summed E-state index contributed by atoms with van der Waals surface area (Å²) in [7, 11) is 0.290. The van der Waals surface area contributed by atoms with Crippen molar-refractivity contribution in [2.75, 3.05) is 45.3 Å². The number of nitrogens with zero attached hydrogens (tertiary/aromatic N) is 5. The summed E-state index contributed by atoms with van der Waals surface area (Å²) in [5, 5.41) is 0. The molecule has 4 aromatic rings. The Morgan fingerprint density at radius 3 is 2.66 bits per heavy atom. The predicted molar refractivity (Wildman–Crippen MR) is 143 cm³/mol. The van der Waals surface area contributed by atoms with Gasteiger partial charge in [-0.15, -0.1) is 0 Å². The van der Waals surface area contributed by atoms with E-state index in [0.29, 0.717) is 28.2 Å². The second-order valence-corrected chi connectivity index (χ2v) is 11.2. The van der Waals surface area contributed by atoms with Gasteiger partial charge in [-0.3, -0.25) is 4.98 Å². The third kappa shape index (κ3) is 5.90. The lowest BCUT2D eigenvalue weighted by Crippen LogP contribution is -2.47. The number of sulfonamides is 1. The first-order valence-corrected chi connectivity index (χ1v) is 13.8. The van der Waals surface area contributed by atoms with Gasteiger partial charge in [-0.2, -0.15) is 4.31 Å². The van der Waals surface area contributed by atoms with Crippen molar-refractivity contribution in [1.29, 1.82) is 0 Å². The van der Waals surface area contributed by atoms with Crippen LogP contribution in [0.15, 0.2) is 67.0 Å². The second kappa shape index (κ2) is 11.0. The number of anilines is 1. The number of halogens is 1. The maximum Gasteiger partial charge on any atom is 0.242 e. The van der Waals surface area contributed by atoms with Crippen LogP contribution in [-0.4, -0.2) is 74.2 Å². The molecule has 3 heterocycles. The molecule has 1 aliphatic rings. The molecule has 5 rings (SSSR count). The lowest BCUT2D eigenvalue weighted by molar-refractivity contribution is -0.0254. The van der Waals surface area contributed by atoms with Crippen LogP contribution in [0.3, 0.4) is 0 Å². The van der Waals surface area contributed by atoms with Crippen molar-refractivity contribution < 1.29 is 22.3 Å². The molecular formula is C27H28FN5O4S. The molecule has 9 nitrogen and oxygen atoms in total. The zero-order chi connectivity index (χ0) is 26.7. The van der Waals surface area contributed by atoms with Gasteiger partial charge in [0, 0.05) is 50.8 Å². The van der Waals surface area contributed by atoms with Gasteiger partial charge in [0.1, 0.15) is 18.5 Å². The fraction of sp³-hybridized carbons (Fsp3) is 0.296. The molecule has 0 spiro atoms. The first-order chi connectivity index (χ1) is 18.3. The zero-order valence-electron chi connectivity index (χ0n) is 21.1. The van der Waals surface area contributed by atoms with Crippen molar-refractivity contribution in [3.05, 3.63) is 78.4 Å². The third-order valence-corrected chi connectivity index (χ3v) is 8.06. The van der Waals surface area contributed by atoms with Crippen LogP contribution >= 0.6 is 0 Å². The van der Waals surface area contributed by atoms with E-state index in [1.165, 1.54) is 22.5 Å². The van der Waals surface area contributed by atoms with Gasteiger partial charge in [-0.25, -0.2) is 22.8 Å². The first kappa shape index (κ1) is 26.0. The van der Waals surface area contributed by atoms with Crippen molar-refractivity contribution >= 4 is 26.7 Å². The highest BCUT2D eigenvalue weighted by molar-refractivity contribution is 7.88. The molecule has 198 valence electrons. The summed E-state index contributed by atoms with van der Waals surface area (Å²) in [6.07, 6.45) is 2.67. The molecule has 0 unspecified atom stereocenters. The molecule has 2 aromatic heterocycles. The monoisotopic (exact) mass is 537 g/mol. The van der Waals surface area contributed by atoms with E-state index in [1.54, 1.807) is 18.5 Å². The summed E-state index contributed by atoms with van der Waals surface area (Å²) >= 11 is 0. The van der Waals surface area contributed by atoms with Gasteiger partial charge < -0.3 is 14.4 Å². The van der Waals surface area contributed by atoms with Crippen molar-refractivity contribution in [1.82, 2.24) is 19.3 Å². The molecule has 1 fully saturated rings. The molecule has 0 saturated carbocycles. The molecule has 11 heteroatoms. The van der Waals surface area contributed by atoms with Gasteiger partial charge in [0.05, 0.1) is 23.6 Å². The van der Waals surface area contributed by atoms with Crippen LogP contribution in [0.5, 0.6) is 5.88 Å². The van der Waals surface area contributed by atoms with Gasteiger partial charge in [-0.05, 0) is 35.9 Å². The standard InChI is InChI=1S/C27H28FN5O4S/c1-32(2)22-8-6-20(7-9-22)24-15-25-26(30-11-10-29-25)27(31-24)37-17-23-16-33(12-13-36-23)38(34,35)18-19-4-3-5-21(28)14-19/h3-11,14-15,23H,12-13,16-18H2,1-2H3/t23-/m0/s1. The first-order valence-electron chi connectivity index (χ1n) is 12.1. The molecule has 1 aliphatic heterocycles. The van der Waals surface area contributed by atoms with E-state index in [-0.39, 0.29) is 32.1 Å². The van der Waals surface area contributed by atoms with Crippen LogP contribution in [-0.2, 0) is 20.5 Å². The topological polar surface area (TPSA) is 97.8 Å². The Morgan fingerprint density at radius 1 is 1.11 bits per heavy atom. The molecule has 38 heavy (non-hydrogen) atoms. The van der Waals surface area contributed by atoms with Crippen LogP contribution in [0.25, 0.3) is 22.3 Å². The van der Waals surface area contributed by atoms with E-state index in [4.69, 9.17) is 14.5 Å². The van der Waals surface area contributed by atoms with Crippen molar-refractivity contribution in [3.63, 3.8) is 0 Å². The highest BCUT2D eigenvalue weighted by atomic mass is 32.2. The second-order valence-electron chi connectivity index (χ2n) is 9.23. The Balaban J connectivity index is 1.32. The van der Waals surface area contributed by atoms with Crippen molar-refractivity contribution in [3.8, 4) is 17.1 Å². The van der Waals surface area contributed by atoms with E-state index in [9.17, 15) is 12.8 Å². The van der Waals surface area contributed by atoms with Gasteiger partial charge in [0.25, 0.3) is 0 Å². The van der Waals surface area contributed by atoms with Gasteiger partial charge in [-0.1, -0.05) is 24.3 Å². The normalized spacial score (nSPS) is 16.4. The molecule has 0 radical (unpaired) electrons. The minimum Gasteiger partial charge on any atom is -0.473 e. The molecule has 2 aromatic carbocycles. The molecule has 1 atom stereocenters. The average Bonchev–Trinajstić information content (AvgIpc) is 2.91. The molecule has 0 N–H and O–H groups in total. The lowest BCUT2D eigenvalue weighted by Gasteiger charge is -2.32. The Hall–Kier alpha value is -3.67. The third-order valence-electron chi connectivity index (χ3n) is 6.24. The van der Waals surface area contributed by atoms with E-state index >= 15 is 0 Å². The number of aromatic nitrogens is 3. The van der Waals surface area contributed by atoms with Gasteiger partial charge >= 0.3 is 0 Å². The summed E-state index contributed by atoms with van der Waals surface area (Å²) < 4.78 is 52.8. The van der Waals surface area contributed by atoms with E-state index in [0.717, 1.165) is 11.3 Å². The number of benzene rings is 2. The average molecular weight is 538 g/mol. The quantitative estimate of drug-likeness (QED) is 0.337. The number of rotatable bonds is 8. The molecule has 1 saturated heterocycles. The van der Waals surface area contributed by atoms with Crippen LogP contribution in [0.4, 0.5) is 10.1 Å². The summed E-state index contributed by atoms with van der Waals surface area (Å²) in [5.41, 5.74) is 4.19. The molecular weight excluding hydrogens is 509 g/mol. The SMILES string of the molecule is CN(C)c1ccc(-c2cc3nccnc3c(OC[C@@H]3CN(S(=O)(=O)Cc4cccc(F)c4)CCO3)n2)cc1. The maximum atomic E-state index is 13.5. The predicted octanol–water partition coefficient (Wildman–Crippen LogP) is 3.51. The minimum absolute atomic E-state index is 0.0771. The highest BCUT2D eigenvalue weighted by Crippen LogP contribution is 2.28.